The van der Waals surface area contributed by atoms with Crippen LogP contribution in [0.4, 0.5) is 5.69 Å². The zero-order valence-corrected chi connectivity index (χ0v) is 15.8. The minimum Gasteiger partial charge on any atom is -0.466 e. The normalized spacial score (nSPS) is 16.7. The number of rotatable bonds is 5. The van der Waals surface area contributed by atoms with Crippen molar-refractivity contribution >= 4 is 23.5 Å². The second-order valence-corrected chi connectivity index (χ2v) is 6.52. The Labute approximate surface area is 163 Å². The zero-order valence-electron chi connectivity index (χ0n) is 15.8. The third-order valence-corrected chi connectivity index (χ3v) is 4.75. The fraction of sp³-hybridized carbons (Fsp3) is 0.227. The summed E-state index contributed by atoms with van der Waals surface area (Å²) >= 11 is 0. The van der Waals surface area contributed by atoms with Crippen LogP contribution in [0.5, 0.6) is 0 Å². The molecule has 0 aromatic heterocycles. The first-order valence-electron chi connectivity index (χ1n) is 9.01. The molecule has 144 valence electrons. The number of carbonyl (C=O) groups excluding carboxylic acids is 3. The lowest BCUT2D eigenvalue weighted by molar-refractivity contribution is -0.139. The Bertz CT molecular complexity index is 907. The summed E-state index contributed by atoms with van der Waals surface area (Å²) in [5, 5.41) is 2.82. The highest BCUT2D eigenvalue weighted by atomic mass is 16.5. The van der Waals surface area contributed by atoms with Crippen molar-refractivity contribution in [2.75, 3.05) is 12.0 Å². The Morgan fingerprint density at radius 1 is 1.07 bits per heavy atom. The average molecular weight is 378 g/mol. The van der Waals surface area contributed by atoms with Gasteiger partial charge in [0, 0.05) is 24.4 Å². The lowest BCUT2D eigenvalue weighted by Gasteiger charge is -2.33. The molecule has 0 radical (unpaired) electrons. The van der Waals surface area contributed by atoms with Crippen LogP contribution in [0.15, 0.2) is 71.9 Å². The SMILES string of the molecule is COC(=O)C1=C(C)N(c2ccccc2)C(=O)C[C@H]1C(=O)NCc1ccccc1. The number of esters is 1. The minimum absolute atomic E-state index is 0.0999. The molecule has 0 aliphatic carbocycles. The van der Waals surface area contributed by atoms with Gasteiger partial charge in [-0.05, 0) is 24.6 Å². The van der Waals surface area contributed by atoms with Gasteiger partial charge in [-0.1, -0.05) is 48.5 Å². The molecule has 3 rings (SSSR count). The third-order valence-electron chi connectivity index (χ3n) is 4.75. The third kappa shape index (κ3) is 3.96. The van der Waals surface area contributed by atoms with Crippen molar-refractivity contribution in [2.24, 2.45) is 5.92 Å². The molecule has 1 atom stereocenters. The molecule has 1 heterocycles. The summed E-state index contributed by atoms with van der Waals surface area (Å²) in [6, 6.07) is 18.5. The first-order valence-corrected chi connectivity index (χ1v) is 9.01. The van der Waals surface area contributed by atoms with E-state index in [1.807, 2.05) is 48.5 Å². The number of methoxy groups -OCH3 is 1. The summed E-state index contributed by atoms with van der Waals surface area (Å²) < 4.78 is 4.91. The van der Waals surface area contributed by atoms with Crippen molar-refractivity contribution in [3.8, 4) is 0 Å². The number of hydrogen-bond donors (Lipinski definition) is 1. The van der Waals surface area contributed by atoms with Crippen LogP contribution in [0.3, 0.4) is 0 Å². The van der Waals surface area contributed by atoms with Gasteiger partial charge in [-0.25, -0.2) is 4.79 Å². The maximum atomic E-state index is 12.8. The molecule has 2 aromatic rings. The Morgan fingerprint density at radius 3 is 2.29 bits per heavy atom. The van der Waals surface area contributed by atoms with Gasteiger partial charge in [0.2, 0.25) is 11.8 Å². The molecule has 0 fully saturated rings. The number of nitrogens with zero attached hydrogens (tertiary/aromatic N) is 1. The van der Waals surface area contributed by atoms with Crippen LogP contribution in [0.25, 0.3) is 0 Å². The molecule has 1 aliphatic rings. The first kappa shape index (κ1) is 19.4. The summed E-state index contributed by atoms with van der Waals surface area (Å²) in [5.41, 5.74) is 2.20. The summed E-state index contributed by atoms with van der Waals surface area (Å²) in [6.07, 6.45) is -0.0999. The highest BCUT2D eigenvalue weighted by Gasteiger charge is 2.40. The number of anilines is 1. The van der Waals surface area contributed by atoms with E-state index in [-0.39, 0.29) is 23.8 Å². The Kier molecular flexibility index (Phi) is 5.89. The topological polar surface area (TPSA) is 75.7 Å². The molecule has 0 bridgehead atoms. The van der Waals surface area contributed by atoms with Gasteiger partial charge in [0.15, 0.2) is 0 Å². The van der Waals surface area contributed by atoms with Crippen LogP contribution in [0, 0.1) is 5.92 Å². The van der Waals surface area contributed by atoms with Gasteiger partial charge < -0.3 is 10.1 Å². The van der Waals surface area contributed by atoms with E-state index in [0.29, 0.717) is 17.9 Å². The predicted octanol–water partition coefficient (Wildman–Crippen LogP) is 2.80. The van der Waals surface area contributed by atoms with E-state index in [4.69, 9.17) is 4.74 Å². The molecule has 0 saturated carbocycles. The van der Waals surface area contributed by atoms with E-state index in [0.717, 1.165) is 5.56 Å². The van der Waals surface area contributed by atoms with E-state index in [9.17, 15) is 14.4 Å². The Hall–Kier alpha value is -3.41. The molecule has 2 amide bonds. The summed E-state index contributed by atoms with van der Waals surface area (Å²) in [7, 11) is 1.27. The minimum atomic E-state index is -0.886. The van der Waals surface area contributed by atoms with Crippen LogP contribution in [-0.4, -0.2) is 24.9 Å². The van der Waals surface area contributed by atoms with Crippen LogP contribution in [-0.2, 0) is 25.7 Å². The fourth-order valence-electron chi connectivity index (χ4n) is 3.37. The first-order chi connectivity index (χ1) is 13.5. The van der Waals surface area contributed by atoms with Gasteiger partial charge in [-0.2, -0.15) is 0 Å². The molecule has 6 heteroatoms. The highest BCUT2D eigenvalue weighted by Crippen LogP contribution is 2.33. The van der Waals surface area contributed by atoms with Crippen molar-refractivity contribution in [1.82, 2.24) is 5.32 Å². The molecular formula is C22H22N2O4. The summed E-state index contributed by atoms with van der Waals surface area (Å²) in [6.45, 7) is 1.98. The van der Waals surface area contributed by atoms with Crippen molar-refractivity contribution in [1.29, 1.82) is 0 Å². The lowest BCUT2D eigenvalue weighted by Crippen LogP contribution is -2.44. The van der Waals surface area contributed by atoms with E-state index in [1.54, 1.807) is 19.1 Å². The van der Waals surface area contributed by atoms with Gasteiger partial charge >= 0.3 is 5.97 Å². The molecule has 6 nitrogen and oxygen atoms in total. The largest absolute Gasteiger partial charge is 0.466 e. The molecular weight excluding hydrogens is 356 g/mol. The smallest absolute Gasteiger partial charge is 0.336 e. The van der Waals surface area contributed by atoms with Crippen molar-refractivity contribution in [3.05, 3.63) is 77.5 Å². The number of benzene rings is 2. The molecule has 0 spiro atoms. The number of allylic oxidation sites excluding steroid dienone is 1. The quantitative estimate of drug-likeness (QED) is 0.812. The molecule has 28 heavy (non-hydrogen) atoms. The molecule has 1 aliphatic heterocycles. The average Bonchev–Trinajstić information content (AvgIpc) is 2.72. The van der Waals surface area contributed by atoms with Crippen molar-refractivity contribution in [2.45, 2.75) is 19.9 Å². The maximum Gasteiger partial charge on any atom is 0.336 e. The maximum absolute atomic E-state index is 12.8. The van der Waals surface area contributed by atoms with Gasteiger partial charge in [-0.15, -0.1) is 0 Å². The molecule has 2 aromatic carbocycles. The monoisotopic (exact) mass is 378 g/mol. The highest BCUT2D eigenvalue weighted by molar-refractivity contribution is 6.08. The van der Waals surface area contributed by atoms with Crippen molar-refractivity contribution in [3.63, 3.8) is 0 Å². The van der Waals surface area contributed by atoms with E-state index >= 15 is 0 Å². The van der Waals surface area contributed by atoms with Gasteiger partial charge in [0.05, 0.1) is 18.6 Å². The number of carbonyl (C=O) groups is 3. The van der Waals surface area contributed by atoms with Gasteiger partial charge in [0.25, 0.3) is 0 Å². The number of para-hydroxylation sites is 1. The predicted molar refractivity (Wildman–Crippen MR) is 105 cm³/mol. The second kappa shape index (κ2) is 8.52. The van der Waals surface area contributed by atoms with Gasteiger partial charge in [0.1, 0.15) is 0 Å². The zero-order chi connectivity index (χ0) is 20.1. The van der Waals surface area contributed by atoms with Gasteiger partial charge in [-0.3, -0.25) is 14.5 Å². The lowest BCUT2D eigenvalue weighted by atomic mass is 9.88. The Morgan fingerprint density at radius 2 is 1.68 bits per heavy atom. The standard InChI is InChI=1S/C22H22N2O4/c1-15-20(22(27)28-2)18(21(26)23-14-16-9-5-3-6-10-16)13-19(25)24(15)17-11-7-4-8-12-17/h3-12,18H,13-14H2,1-2H3,(H,23,26)/t18-/m1/s1. The van der Waals surface area contributed by atoms with Crippen LogP contribution >= 0.6 is 0 Å². The summed E-state index contributed by atoms with van der Waals surface area (Å²) in [5.74, 6) is -2.10. The number of hydrogen-bond acceptors (Lipinski definition) is 4. The fourth-order valence-corrected chi connectivity index (χ4v) is 3.37. The second-order valence-electron chi connectivity index (χ2n) is 6.52. The van der Waals surface area contributed by atoms with E-state index < -0.39 is 11.9 Å². The van der Waals surface area contributed by atoms with Crippen LogP contribution in [0.2, 0.25) is 0 Å². The molecule has 0 unspecified atom stereocenters. The molecule has 0 saturated heterocycles. The van der Waals surface area contributed by atoms with E-state index in [2.05, 4.69) is 5.32 Å². The van der Waals surface area contributed by atoms with Crippen molar-refractivity contribution < 1.29 is 19.1 Å². The molecule has 1 N–H and O–H groups in total. The van der Waals surface area contributed by atoms with E-state index in [1.165, 1.54) is 12.0 Å². The number of amides is 2. The number of nitrogens with one attached hydrogen (secondary N) is 1. The van der Waals surface area contributed by atoms with Crippen LogP contribution < -0.4 is 10.2 Å². The summed E-state index contributed by atoms with van der Waals surface area (Å²) in [4.78, 5) is 39.5. The number of ether oxygens (including phenoxy) is 1. The Balaban J connectivity index is 1.90. The van der Waals surface area contributed by atoms with Crippen LogP contribution in [0.1, 0.15) is 18.9 Å².